The molecule has 0 unspecified atom stereocenters. The molecule has 0 radical (unpaired) electrons. The first-order chi connectivity index (χ1) is 12.5. The number of carbonyl (C=O) groups excluding carboxylic acids is 1. The summed E-state index contributed by atoms with van der Waals surface area (Å²) in [4.78, 5) is 20.5. The van der Waals surface area contributed by atoms with E-state index in [1.54, 1.807) is 26.3 Å². The summed E-state index contributed by atoms with van der Waals surface area (Å²) in [6, 6.07) is 5.50. The molecular weight excluding hydrogens is 356 g/mol. The average Bonchev–Trinajstić information content (AvgIpc) is 2.66. The summed E-state index contributed by atoms with van der Waals surface area (Å²) in [5.41, 5.74) is 2.43. The number of nitrogens with zero attached hydrogens (tertiary/aromatic N) is 2. The number of pyridine rings is 2. The monoisotopic (exact) mass is 376 g/mol. The second-order valence-corrected chi connectivity index (χ2v) is 6.38. The van der Waals surface area contributed by atoms with E-state index in [1.807, 2.05) is 6.07 Å². The number of rotatable bonds is 4. The van der Waals surface area contributed by atoms with E-state index in [0.717, 1.165) is 12.1 Å². The van der Waals surface area contributed by atoms with Crippen molar-refractivity contribution in [3.63, 3.8) is 0 Å². The largest absolute Gasteiger partial charge is 0.494 e. The molecule has 8 heteroatoms. The summed E-state index contributed by atoms with van der Waals surface area (Å²) >= 11 is 6.27. The Morgan fingerprint density at radius 2 is 2.23 bits per heavy atom. The van der Waals surface area contributed by atoms with Gasteiger partial charge < -0.3 is 20.1 Å². The lowest BCUT2D eigenvalue weighted by Crippen LogP contribution is -2.41. The highest BCUT2D eigenvalue weighted by atomic mass is 35.5. The Kier molecular flexibility index (Phi) is 5.70. The number of morpholine rings is 1. The summed E-state index contributed by atoms with van der Waals surface area (Å²) in [5, 5.41) is 6.29. The summed E-state index contributed by atoms with van der Waals surface area (Å²) in [7, 11) is 3.10. The molecule has 1 aliphatic heterocycles. The molecule has 2 atom stereocenters. The van der Waals surface area contributed by atoms with Crippen LogP contribution in [0.4, 0.5) is 0 Å². The average molecular weight is 377 g/mol. The van der Waals surface area contributed by atoms with Crippen molar-refractivity contribution in [1.82, 2.24) is 20.6 Å². The molecule has 1 fully saturated rings. The van der Waals surface area contributed by atoms with Crippen LogP contribution in [0, 0.1) is 0 Å². The predicted molar refractivity (Wildman–Crippen MR) is 98.6 cm³/mol. The van der Waals surface area contributed by atoms with Gasteiger partial charge in [0, 0.05) is 25.2 Å². The van der Waals surface area contributed by atoms with Crippen LogP contribution in [0.3, 0.4) is 0 Å². The minimum Gasteiger partial charge on any atom is -0.494 e. The van der Waals surface area contributed by atoms with Gasteiger partial charge in [-0.1, -0.05) is 11.6 Å². The molecule has 2 aromatic heterocycles. The van der Waals surface area contributed by atoms with E-state index in [2.05, 4.69) is 27.5 Å². The van der Waals surface area contributed by atoms with Gasteiger partial charge in [-0.15, -0.1) is 0 Å². The molecule has 138 valence electrons. The highest BCUT2D eigenvalue weighted by Gasteiger charge is 2.25. The molecular formula is C18H21ClN4O3. The topological polar surface area (TPSA) is 85.4 Å². The quantitative estimate of drug-likeness (QED) is 0.796. The van der Waals surface area contributed by atoms with Crippen molar-refractivity contribution in [3.8, 4) is 17.0 Å². The standard InChI is InChI=1S/C18H21ClN4O3/c1-10-17(26-5-4-21-10)11-6-13(23-16(19)7-11)12-8-14(18(24)20-2)22-9-15(12)25-3/h6-10,17,21H,4-5H2,1-3H3,(H,20,24)/t10-,17+/m0/s1. The zero-order valence-corrected chi connectivity index (χ0v) is 15.6. The maximum Gasteiger partial charge on any atom is 0.269 e. The van der Waals surface area contributed by atoms with Gasteiger partial charge in [0.05, 0.1) is 31.7 Å². The molecule has 0 aliphatic carbocycles. The first-order valence-corrected chi connectivity index (χ1v) is 8.70. The van der Waals surface area contributed by atoms with Crippen molar-refractivity contribution in [1.29, 1.82) is 0 Å². The lowest BCUT2D eigenvalue weighted by atomic mass is 10.0. The second kappa shape index (κ2) is 7.99. The number of ether oxygens (including phenoxy) is 2. The summed E-state index contributed by atoms with van der Waals surface area (Å²) in [6.07, 6.45) is 1.37. The molecule has 2 aromatic rings. The van der Waals surface area contributed by atoms with E-state index in [1.165, 1.54) is 6.20 Å². The molecule has 7 nitrogen and oxygen atoms in total. The maximum absolute atomic E-state index is 11.9. The maximum atomic E-state index is 11.9. The Morgan fingerprint density at radius 1 is 1.42 bits per heavy atom. The minimum absolute atomic E-state index is 0.130. The van der Waals surface area contributed by atoms with Gasteiger partial charge in [0.15, 0.2) is 0 Å². The first-order valence-electron chi connectivity index (χ1n) is 8.32. The lowest BCUT2D eigenvalue weighted by Gasteiger charge is -2.30. The molecule has 1 aliphatic rings. The molecule has 0 saturated carbocycles. The van der Waals surface area contributed by atoms with Crippen molar-refractivity contribution in [2.24, 2.45) is 0 Å². The number of hydrogen-bond donors (Lipinski definition) is 2. The van der Waals surface area contributed by atoms with Gasteiger partial charge >= 0.3 is 0 Å². The van der Waals surface area contributed by atoms with Gasteiger partial charge in [-0.25, -0.2) is 9.97 Å². The molecule has 1 saturated heterocycles. The van der Waals surface area contributed by atoms with E-state index in [0.29, 0.717) is 28.8 Å². The third kappa shape index (κ3) is 3.80. The van der Waals surface area contributed by atoms with Gasteiger partial charge in [-0.2, -0.15) is 0 Å². The zero-order valence-electron chi connectivity index (χ0n) is 14.9. The van der Waals surface area contributed by atoms with Crippen LogP contribution in [0.1, 0.15) is 29.1 Å². The third-order valence-corrected chi connectivity index (χ3v) is 4.48. The molecule has 3 heterocycles. The van der Waals surface area contributed by atoms with E-state index >= 15 is 0 Å². The van der Waals surface area contributed by atoms with Crippen LogP contribution < -0.4 is 15.4 Å². The van der Waals surface area contributed by atoms with Crippen LogP contribution in [0.25, 0.3) is 11.3 Å². The van der Waals surface area contributed by atoms with E-state index < -0.39 is 0 Å². The Labute approximate surface area is 157 Å². The van der Waals surface area contributed by atoms with Gasteiger partial charge in [0.2, 0.25) is 0 Å². The van der Waals surface area contributed by atoms with Gasteiger partial charge in [0.1, 0.15) is 16.6 Å². The third-order valence-electron chi connectivity index (χ3n) is 4.29. The van der Waals surface area contributed by atoms with Crippen molar-refractivity contribution in [2.75, 3.05) is 27.3 Å². The fraction of sp³-hybridized carbons (Fsp3) is 0.389. The Bertz CT molecular complexity index is 815. The summed E-state index contributed by atoms with van der Waals surface area (Å²) in [5.74, 6) is 0.221. The molecule has 1 amide bonds. The van der Waals surface area contributed by atoms with Crippen molar-refractivity contribution in [3.05, 3.63) is 40.8 Å². The Balaban J connectivity index is 2.07. The van der Waals surface area contributed by atoms with Crippen molar-refractivity contribution < 1.29 is 14.3 Å². The molecule has 3 rings (SSSR count). The summed E-state index contributed by atoms with van der Waals surface area (Å²) in [6.45, 7) is 3.51. The van der Waals surface area contributed by atoms with Crippen LogP contribution in [-0.2, 0) is 4.74 Å². The SMILES string of the molecule is CNC(=O)c1cc(-c2cc([C@@H]3OCCN[C@H]3C)cc(Cl)n2)c(OC)cn1. The minimum atomic E-state index is -0.287. The number of nitrogens with one attached hydrogen (secondary N) is 2. The number of amides is 1. The zero-order chi connectivity index (χ0) is 18.7. The highest BCUT2D eigenvalue weighted by Crippen LogP contribution is 2.33. The van der Waals surface area contributed by atoms with Crippen LogP contribution in [0.2, 0.25) is 5.15 Å². The summed E-state index contributed by atoms with van der Waals surface area (Å²) < 4.78 is 11.3. The molecule has 0 spiro atoms. The van der Waals surface area contributed by atoms with Crippen LogP contribution in [0.15, 0.2) is 24.4 Å². The van der Waals surface area contributed by atoms with Crippen LogP contribution in [-0.4, -0.2) is 49.2 Å². The number of carbonyl (C=O) groups is 1. The van der Waals surface area contributed by atoms with E-state index in [4.69, 9.17) is 21.1 Å². The van der Waals surface area contributed by atoms with E-state index in [9.17, 15) is 4.79 Å². The fourth-order valence-electron chi connectivity index (χ4n) is 2.99. The predicted octanol–water partition coefficient (Wildman–Crippen LogP) is 2.21. The highest BCUT2D eigenvalue weighted by molar-refractivity contribution is 6.29. The van der Waals surface area contributed by atoms with Gasteiger partial charge in [-0.05, 0) is 30.7 Å². The fourth-order valence-corrected chi connectivity index (χ4v) is 3.20. The molecule has 0 bridgehead atoms. The van der Waals surface area contributed by atoms with Crippen molar-refractivity contribution in [2.45, 2.75) is 19.1 Å². The molecule has 2 N–H and O–H groups in total. The number of hydrogen-bond acceptors (Lipinski definition) is 6. The normalized spacial score (nSPS) is 19.8. The first kappa shape index (κ1) is 18.6. The number of methoxy groups -OCH3 is 1. The number of halogens is 1. The molecule has 26 heavy (non-hydrogen) atoms. The van der Waals surface area contributed by atoms with Crippen LogP contribution >= 0.6 is 11.6 Å². The molecule has 0 aromatic carbocycles. The second-order valence-electron chi connectivity index (χ2n) is 5.99. The Morgan fingerprint density at radius 3 is 2.92 bits per heavy atom. The lowest BCUT2D eigenvalue weighted by molar-refractivity contribution is -0.000236. The smallest absolute Gasteiger partial charge is 0.269 e. The van der Waals surface area contributed by atoms with Gasteiger partial charge in [0.25, 0.3) is 5.91 Å². The number of aromatic nitrogens is 2. The van der Waals surface area contributed by atoms with E-state index in [-0.39, 0.29) is 23.7 Å². The van der Waals surface area contributed by atoms with Crippen LogP contribution in [0.5, 0.6) is 5.75 Å². The van der Waals surface area contributed by atoms with Crippen molar-refractivity contribution >= 4 is 17.5 Å². The van der Waals surface area contributed by atoms with Gasteiger partial charge in [-0.3, -0.25) is 4.79 Å². The Hall–Kier alpha value is -2.22.